The highest BCUT2D eigenvalue weighted by molar-refractivity contribution is 9.10. The van der Waals surface area contributed by atoms with Crippen LogP contribution in [0.3, 0.4) is 0 Å². The Bertz CT molecular complexity index is 573. The molecule has 94 valence electrons. The molecule has 0 aliphatic heterocycles. The average Bonchev–Trinajstić information content (AvgIpc) is 2.39. The van der Waals surface area contributed by atoms with Crippen LogP contribution in [0.4, 0.5) is 5.69 Å². The van der Waals surface area contributed by atoms with E-state index in [1.165, 1.54) is 0 Å². The van der Waals surface area contributed by atoms with Crippen LogP contribution in [-0.2, 0) is 0 Å². The molecule has 0 radical (unpaired) electrons. The quantitative estimate of drug-likeness (QED) is 0.946. The fourth-order valence-electron chi connectivity index (χ4n) is 1.74. The van der Waals surface area contributed by atoms with Crippen LogP contribution in [0.25, 0.3) is 11.1 Å². The zero-order valence-electron chi connectivity index (χ0n) is 10.1. The molecule has 4 nitrogen and oxygen atoms in total. The molecule has 0 atom stereocenters. The summed E-state index contributed by atoms with van der Waals surface area (Å²) in [4.78, 5) is 4.09. The lowest BCUT2D eigenvalue weighted by atomic mass is 10.0. The zero-order valence-corrected chi connectivity index (χ0v) is 11.7. The number of nitrogens with zero attached hydrogens (tertiary/aromatic N) is 1. The summed E-state index contributed by atoms with van der Waals surface area (Å²) in [7, 11) is 3.22. The van der Waals surface area contributed by atoms with Gasteiger partial charge in [-0.25, -0.2) is 0 Å². The molecule has 0 spiro atoms. The van der Waals surface area contributed by atoms with Crippen molar-refractivity contribution < 1.29 is 9.47 Å². The number of anilines is 1. The van der Waals surface area contributed by atoms with Crippen molar-refractivity contribution in [2.24, 2.45) is 0 Å². The van der Waals surface area contributed by atoms with Crippen molar-refractivity contribution in [1.82, 2.24) is 4.98 Å². The molecule has 2 rings (SSSR count). The first kappa shape index (κ1) is 12.7. The van der Waals surface area contributed by atoms with E-state index in [1.54, 1.807) is 32.7 Å². The fourth-order valence-corrected chi connectivity index (χ4v) is 2.41. The lowest BCUT2D eigenvalue weighted by Gasteiger charge is -2.14. The minimum atomic E-state index is 0.653. The molecule has 0 saturated carbocycles. The third-order valence-corrected chi connectivity index (χ3v) is 3.38. The number of benzene rings is 1. The Morgan fingerprint density at radius 3 is 2.50 bits per heavy atom. The second-order valence-corrected chi connectivity index (χ2v) is 4.42. The van der Waals surface area contributed by atoms with E-state index in [4.69, 9.17) is 15.2 Å². The monoisotopic (exact) mass is 308 g/mol. The van der Waals surface area contributed by atoms with E-state index in [0.717, 1.165) is 15.6 Å². The molecule has 0 bridgehead atoms. The molecular weight excluding hydrogens is 296 g/mol. The lowest BCUT2D eigenvalue weighted by Crippen LogP contribution is -1.96. The molecule has 2 N–H and O–H groups in total. The molecule has 5 heteroatoms. The minimum absolute atomic E-state index is 0.653. The topological polar surface area (TPSA) is 57.4 Å². The normalized spacial score (nSPS) is 10.2. The highest BCUT2D eigenvalue weighted by atomic mass is 79.9. The Morgan fingerprint density at radius 2 is 1.89 bits per heavy atom. The van der Waals surface area contributed by atoms with E-state index in [-0.39, 0.29) is 0 Å². The summed E-state index contributed by atoms with van der Waals surface area (Å²) in [5, 5.41) is 0. The number of ether oxygens (including phenoxy) is 2. The number of rotatable bonds is 3. The van der Waals surface area contributed by atoms with Crippen LogP contribution in [0.1, 0.15) is 0 Å². The summed E-state index contributed by atoms with van der Waals surface area (Å²) < 4.78 is 11.4. The second-order valence-electron chi connectivity index (χ2n) is 3.63. The Morgan fingerprint density at radius 1 is 1.11 bits per heavy atom. The first-order chi connectivity index (χ1) is 8.69. The number of pyridine rings is 1. The predicted octanol–water partition coefficient (Wildman–Crippen LogP) is 3.11. The molecule has 0 aliphatic rings. The average molecular weight is 309 g/mol. The second kappa shape index (κ2) is 5.27. The molecule has 0 amide bonds. The van der Waals surface area contributed by atoms with Gasteiger partial charge >= 0.3 is 0 Å². The molecule has 2 aromatic rings. The molecular formula is C13H13BrN2O2. The van der Waals surface area contributed by atoms with E-state index in [1.807, 2.05) is 12.1 Å². The number of halogens is 1. The molecule has 0 fully saturated rings. The largest absolute Gasteiger partial charge is 0.495 e. The van der Waals surface area contributed by atoms with Gasteiger partial charge in [-0.3, -0.25) is 4.98 Å². The SMILES string of the molecule is COc1ccc(-c2cnccc2N)c(OC)c1Br. The lowest BCUT2D eigenvalue weighted by molar-refractivity contribution is 0.390. The van der Waals surface area contributed by atoms with Gasteiger partial charge in [0.15, 0.2) is 0 Å². The van der Waals surface area contributed by atoms with Gasteiger partial charge < -0.3 is 15.2 Å². The number of nitrogen functional groups attached to an aromatic ring is 1. The Labute approximate surface area is 114 Å². The number of nitrogens with two attached hydrogens (primary N) is 1. The van der Waals surface area contributed by atoms with Gasteiger partial charge in [-0.15, -0.1) is 0 Å². The van der Waals surface area contributed by atoms with E-state index in [2.05, 4.69) is 20.9 Å². The summed E-state index contributed by atoms with van der Waals surface area (Å²) in [6.07, 6.45) is 3.37. The van der Waals surface area contributed by atoms with Crippen molar-refractivity contribution in [3.05, 3.63) is 35.1 Å². The fraction of sp³-hybridized carbons (Fsp3) is 0.154. The standard InChI is InChI=1S/C13H13BrN2O2/c1-17-11-4-3-8(13(18-2)12(11)14)9-7-16-6-5-10(9)15/h3-7H,1-2H3,(H2,15,16). The van der Waals surface area contributed by atoms with Crippen LogP contribution in [0.5, 0.6) is 11.5 Å². The van der Waals surface area contributed by atoms with E-state index >= 15 is 0 Å². The van der Waals surface area contributed by atoms with Crippen LogP contribution in [0.2, 0.25) is 0 Å². The van der Waals surface area contributed by atoms with Crippen molar-refractivity contribution in [3.63, 3.8) is 0 Å². The van der Waals surface area contributed by atoms with Gasteiger partial charge in [0.1, 0.15) is 16.0 Å². The van der Waals surface area contributed by atoms with E-state index in [0.29, 0.717) is 17.2 Å². The third-order valence-electron chi connectivity index (χ3n) is 2.63. The zero-order chi connectivity index (χ0) is 13.1. The number of methoxy groups -OCH3 is 2. The maximum atomic E-state index is 5.95. The molecule has 1 heterocycles. The van der Waals surface area contributed by atoms with Crippen LogP contribution >= 0.6 is 15.9 Å². The van der Waals surface area contributed by atoms with Crippen molar-refractivity contribution in [2.75, 3.05) is 20.0 Å². The molecule has 0 saturated heterocycles. The van der Waals surface area contributed by atoms with E-state index in [9.17, 15) is 0 Å². The molecule has 0 aliphatic carbocycles. The van der Waals surface area contributed by atoms with Crippen LogP contribution in [0, 0.1) is 0 Å². The Kier molecular flexibility index (Phi) is 3.72. The Hall–Kier alpha value is -1.75. The highest BCUT2D eigenvalue weighted by Gasteiger charge is 2.15. The van der Waals surface area contributed by atoms with Gasteiger partial charge in [0.05, 0.1) is 14.2 Å². The maximum Gasteiger partial charge on any atom is 0.144 e. The minimum Gasteiger partial charge on any atom is -0.495 e. The predicted molar refractivity (Wildman–Crippen MR) is 74.9 cm³/mol. The smallest absolute Gasteiger partial charge is 0.144 e. The summed E-state index contributed by atoms with van der Waals surface area (Å²) in [5.41, 5.74) is 8.31. The molecule has 0 unspecified atom stereocenters. The van der Waals surface area contributed by atoms with Gasteiger partial charge in [0, 0.05) is 29.2 Å². The van der Waals surface area contributed by atoms with Crippen molar-refractivity contribution in [1.29, 1.82) is 0 Å². The summed E-state index contributed by atoms with van der Waals surface area (Å²) >= 11 is 3.46. The van der Waals surface area contributed by atoms with Crippen LogP contribution in [-0.4, -0.2) is 19.2 Å². The van der Waals surface area contributed by atoms with Gasteiger partial charge in [0.25, 0.3) is 0 Å². The van der Waals surface area contributed by atoms with Gasteiger partial charge in [-0.2, -0.15) is 0 Å². The van der Waals surface area contributed by atoms with Crippen molar-refractivity contribution in [3.8, 4) is 22.6 Å². The first-order valence-electron chi connectivity index (χ1n) is 5.29. The van der Waals surface area contributed by atoms with Gasteiger partial charge in [0.2, 0.25) is 0 Å². The van der Waals surface area contributed by atoms with Crippen molar-refractivity contribution >= 4 is 21.6 Å². The first-order valence-corrected chi connectivity index (χ1v) is 6.08. The Balaban J connectivity index is 2.66. The number of aromatic nitrogens is 1. The summed E-state index contributed by atoms with van der Waals surface area (Å²) in [5.74, 6) is 1.38. The molecule has 1 aromatic carbocycles. The number of hydrogen-bond donors (Lipinski definition) is 1. The highest BCUT2D eigenvalue weighted by Crippen LogP contribution is 2.43. The van der Waals surface area contributed by atoms with E-state index < -0.39 is 0 Å². The summed E-state index contributed by atoms with van der Waals surface area (Å²) in [6.45, 7) is 0. The van der Waals surface area contributed by atoms with Crippen LogP contribution < -0.4 is 15.2 Å². The van der Waals surface area contributed by atoms with Gasteiger partial charge in [-0.05, 0) is 34.1 Å². The van der Waals surface area contributed by atoms with Crippen molar-refractivity contribution in [2.45, 2.75) is 0 Å². The van der Waals surface area contributed by atoms with Gasteiger partial charge in [-0.1, -0.05) is 0 Å². The number of hydrogen-bond acceptors (Lipinski definition) is 4. The summed E-state index contributed by atoms with van der Waals surface area (Å²) in [6, 6.07) is 5.51. The maximum absolute atomic E-state index is 5.95. The van der Waals surface area contributed by atoms with Crippen LogP contribution in [0.15, 0.2) is 35.1 Å². The molecule has 18 heavy (non-hydrogen) atoms. The molecule has 1 aromatic heterocycles. The third kappa shape index (κ3) is 2.13.